The van der Waals surface area contributed by atoms with E-state index in [1.165, 1.54) is 10.9 Å². The van der Waals surface area contributed by atoms with E-state index in [4.69, 9.17) is 4.74 Å². The quantitative estimate of drug-likeness (QED) is 0.812. The summed E-state index contributed by atoms with van der Waals surface area (Å²) in [5.41, 5.74) is 2.14. The van der Waals surface area contributed by atoms with Gasteiger partial charge in [-0.25, -0.2) is 4.39 Å². The Hall–Kier alpha value is -1.67. The van der Waals surface area contributed by atoms with E-state index in [0.717, 1.165) is 48.9 Å². The third kappa shape index (κ3) is 3.89. The molecule has 2 aliphatic heterocycles. The zero-order chi connectivity index (χ0) is 19.0. The normalized spacial score (nSPS) is 19.1. The topological polar surface area (TPSA) is 40.6 Å². The summed E-state index contributed by atoms with van der Waals surface area (Å²) in [5.74, 6) is -0.248. The average Bonchev–Trinajstić information content (AvgIpc) is 2.94. The molecule has 1 fully saturated rings. The maximum atomic E-state index is 14.5. The van der Waals surface area contributed by atoms with E-state index in [2.05, 4.69) is 40.1 Å². The van der Waals surface area contributed by atoms with Gasteiger partial charge in [0.2, 0.25) is 0 Å². The van der Waals surface area contributed by atoms with Gasteiger partial charge >= 0.3 is 0 Å². The van der Waals surface area contributed by atoms with Crippen molar-refractivity contribution >= 4 is 40.6 Å². The van der Waals surface area contributed by atoms with Gasteiger partial charge in [0.15, 0.2) is 0 Å². The fourth-order valence-corrected chi connectivity index (χ4v) is 4.76. The predicted molar refractivity (Wildman–Crippen MR) is 115 cm³/mol. The molecule has 0 saturated carbocycles. The molecule has 2 aromatic heterocycles. The van der Waals surface area contributed by atoms with Crippen LogP contribution in [0.25, 0.3) is 11.9 Å². The predicted octanol–water partition coefficient (Wildman–Crippen LogP) is 1.98. The minimum atomic E-state index is -0.248. The Labute approximate surface area is 174 Å². The number of piperazine rings is 1. The van der Waals surface area contributed by atoms with Crippen molar-refractivity contribution in [2.45, 2.75) is 19.4 Å². The lowest BCUT2D eigenvalue weighted by Gasteiger charge is -2.41. The number of nitrogens with one attached hydrogen (secondary N) is 1. The van der Waals surface area contributed by atoms with Crippen LogP contribution < -0.4 is 15.9 Å². The van der Waals surface area contributed by atoms with Crippen molar-refractivity contribution in [3.63, 3.8) is 0 Å². The Morgan fingerprint density at radius 3 is 3.00 bits per heavy atom. The Morgan fingerprint density at radius 2 is 2.21 bits per heavy atom. The first-order valence-corrected chi connectivity index (χ1v) is 10.1. The minimum Gasteiger partial charge on any atom is -0.385 e. The van der Waals surface area contributed by atoms with E-state index in [1.54, 1.807) is 30.8 Å². The molecule has 4 rings (SSSR count). The van der Waals surface area contributed by atoms with Crippen molar-refractivity contribution in [2.24, 2.45) is 0 Å². The van der Waals surface area contributed by atoms with Crippen molar-refractivity contribution in [1.29, 1.82) is 0 Å². The third-order valence-corrected chi connectivity index (χ3v) is 6.35. The Morgan fingerprint density at radius 1 is 1.39 bits per heavy atom. The van der Waals surface area contributed by atoms with E-state index in [-0.39, 0.29) is 18.2 Å². The zero-order valence-corrected chi connectivity index (χ0v) is 18.0. The number of fused-ring (bicyclic) bond motifs is 2. The number of anilines is 1. The second-order valence-corrected chi connectivity index (χ2v) is 8.41. The van der Waals surface area contributed by atoms with Gasteiger partial charge in [-0.05, 0) is 32.5 Å². The zero-order valence-electron chi connectivity index (χ0n) is 16.4. The molecule has 0 radical (unpaired) electrons. The molecule has 2 aliphatic rings. The Bertz CT molecular complexity index is 964. The van der Waals surface area contributed by atoms with Crippen LogP contribution >= 0.6 is 23.7 Å². The van der Waals surface area contributed by atoms with Gasteiger partial charge < -0.3 is 15.0 Å². The number of hydrogen-bond donors (Lipinski definition) is 1. The average molecular weight is 425 g/mol. The molecule has 0 spiro atoms. The van der Waals surface area contributed by atoms with E-state index < -0.39 is 0 Å². The van der Waals surface area contributed by atoms with Crippen LogP contribution in [0.15, 0.2) is 18.3 Å². The number of halogens is 2. The SMILES string of the molecule is COCCC1CN(C2=c3nccc(F)c3=CNc3sc(C)cc32)CCN1C.Cl. The van der Waals surface area contributed by atoms with E-state index in [1.807, 2.05) is 0 Å². The summed E-state index contributed by atoms with van der Waals surface area (Å²) >= 11 is 1.69. The van der Waals surface area contributed by atoms with Crippen molar-refractivity contribution < 1.29 is 9.13 Å². The lowest BCUT2D eigenvalue weighted by Crippen LogP contribution is -2.52. The summed E-state index contributed by atoms with van der Waals surface area (Å²) in [6.07, 6.45) is 4.28. The minimum absolute atomic E-state index is 0. The van der Waals surface area contributed by atoms with E-state index in [9.17, 15) is 4.39 Å². The van der Waals surface area contributed by atoms with Crippen molar-refractivity contribution in [2.75, 3.05) is 45.7 Å². The molecule has 0 aromatic carbocycles. The van der Waals surface area contributed by atoms with Crippen LogP contribution in [0, 0.1) is 12.7 Å². The second-order valence-electron chi connectivity index (χ2n) is 7.15. The number of aryl methyl sites for hydroxylation is 1. The standard InChI is InChI=1S/C20H25FN4OS.ClH/c1-13-10-15-19(25-8-7-24(2)14(12-25)5-9-26-3)18-16(11-23-20(15)27-13)17(21)4-6-22-18;/h4,6,10-11,14,23H,5,7-9,12H2,1-3H3;1H. The number of rotatable bonds is 4. The fraction of sp³-hybridized carbons (Fsp3) is 0.450. The molecule has 0 aliphatic carbocycles. The first kappa shape index (κ1) is 21.0. The summed E-state index contributed by atoms with van der Waals surface area (Å²) in [5, 5.41) is 5.60. The summed E-state index contributed by atoms with van der Waals surface area (Å²) in [4.78, 5) is 10.6. The number of nitrogens with zero attached hydrogens (tertiary/aromatic N) is 3. The number of thiophene rings is 1. The van der Waals surface area contributed by atoms with Gasteiger partial charge in [-0.2, -0.15) is 0 Å². The maximum Gasteiger partial charge on any atom is 0.135 e. The van der Waals surface area contributed by atoms with Crippen molar-refractivity contribution in [3.8, 4) is 0 Å². The molecule has 0 amide bonds. The Balaban J connectivity index is 0.00000225. The van der Waals surface area contributed by atoms with Gasteiger partial charge in [0.25, 0.3) is 0 Å². The number of hydrogen-bond acceptors (Lipinski definition) is 6. The lowest BCUT2D eigenvalue weighted by molar-refractivity contribution is 0.0960. The number of likely N-dealkylation sites (N-methyl/N-ethyl adjacent to an activating group) is 1. The van der Waals surface area contributed by atoms with E-state index >= 15 is 0 Å². The fourth-order valence-electron chi connectivity index (χ4n) is 3.87. The van der Waals surface area contributed by atoms with Gasteiger partial charge in [-0.1, -0.05) is 0 Å². The highest BCUT2D eigenvalue weighted by atomic mass is 35.5. The molecule has 1 N–H and O–H groups in total. The number of pyridine rings is 1. The van der Waals surface area contributed by atoms with Gasteiger partial charge in [0, 0.05) is 62.2 Å². The number of methoxy groups -OCH3 is 1. The first-order chi connectivity index (χ1) is 13.1. The lowest BCUT2D eigenvalue weighted by atomic mass is 10.1. The smallest absolute Gasteiger partial charge is 0.135 e. The monoisotopic (exact) mass is 424 g/mol. The highest BCUT2D eigenvalue weighted by molar-refractivity contribution is 7.16. The van der Waals surface area contributed by atoms with Crippen molar-refractivity contribution in [3.05, 3.63) is 45.2 Å². The first-order valence-electron chi connectivity index (χ1n) is 9.25. The van der Waals surface area contributed by atoms with Crippen LogP contribution in [-0.4, -0.2) is 61.2 Å². The van der Waals surface area contributed by atoms with Gasteiger partial charge in [-0.15, -0.1) is 23.7 Å². The Kier molecular flexibility index (Phi) is 6.60. The molecule has 1 unspecified atom stereocenters. The number of aromatic nitrogens is 1. The molecule has 8 heteroatoms. The molecular formula is C20H26ClFN4OS. The summed E-state index contributed by atoms with van der Waals surface area (Å²) in [7, 11) is 3.91. The van der Waals surface area contributed by atoms with Crippen LogP contribution in [0.4, 0.5) is 9.39 Å². The van der Waals surface area contributed by atoms with Crippen LogP contribution in [0.1, 0.15) is 16.9 Å². The van der Waals surface area contributed by atoms with Gasteiger partial charge in [-0.3, -0.25) is 9.88 Å². The second kappa shape index (κ2) is 8.78. The van der Waals surface area contributed by atoms with E-state index in [0.29, 0.717) is 16.6 Å². The summed E-state index contributed by atoms with van der Waals surface area (Å²) in [6, 6.07) is 4.00. The maximum absolute atomic E-state index is 14.5. The molecular weight excluding hydrogens is 399 g/mol. The molecule has 28 heavy (non-hydrogen) atoms. The number of ether oxygens (including phenoxy) is 1. The third-order valence-electron chi connectivity index (χ3n) is 5.37. The largest absolute Gasteiger partial charge is 0.385 e. The highest BCUT2D eigenvalue weighted by Crippen LogP contribution is 2.34. The molecule has 1 atom stereocenters. The van der Waals surface area contributed by atoms with Crippen LogP contribution in [0.2, 0.25) is 0 Å². The molecule has 5 nitrogen and oxygen atoms in total. The van der Waals surface area contributed by atoms with Gasteiger partial charge in [0.1, 0.15) is 10.8 Å². The summed E-state index contributed by atoms with van der Waals surface area (Å²) in [6.45, 7) is 5.56. The molecule has 1 saturated heterocycles. The molecule has 152 valence electrons. The summed E-state index contributed by atoms with van der Waals surface area (Å²) < 4.78 is 19.8. The molecule has 0 bridgehead atoms. The van der Waals surface area contributed by atoms with Crippen molar-refractivity contribution in [1.82, 2.24) is 14.8 Å². The highest BCUT2D eigenvalue weighted by Gasteiger charge is 2.29. The van der Waals surface area contributed by atoms with Crippen LogP contribution in [0.3, 0.4) is 0 Å². The molecule has 2 aromatic rings. The van der Waals surface area contributed by atoms with Crippen LogP contribution in [-0.2, 0) is 4.74 Å². The van der Waals surface area contributed by atoms with Crippen LogP contribution in [0.5, 0.6) is 0 Å². The van der Waals surface area contributed by atoms with Gasteiger partial charge in [0.05, 0.1) is 16.3 Å². The molecule has 4 heterocycles.